The lowest BCUT2D eigenvalue weighted by Crippen LogP contribution is -2.40. The van der Waals surface area contributed by atoms with E-state index in [2.05, 4.69) is 30.9 Å². The molecule has 2 N–H and O–H groups in total. The maximum atomic E-state index is 9.52. The van der Waals surface area contributed by atoms with E-state index in [0.29, 0.717) is 0 Å². The fourth-order valence-corrected chi connectivity index (χ4v) is 4.19. The molecular formula is C13H20O2Si. The van der Waals surface area contributed by atoms with E-state index in [1.54, 1.807) is 6.92 Å². The quantitative estimate of drug-likeness (QED) is 0.777. The van der Waals surface area contributed by atoms with Gasteiger partial charge in [-0.05, 0) is 12.5 Å². The highest BCUT2D eigenvalue weighted by molar-refractivity contribution is 6.94. The van der Waals surface area contributed by atoms with Crippen molar-refractivity contribution in [2.24, 2.45) is 0 Å². The lowest BCUT2D eigenvalue weighted by molar-refractivity contribution is 0.204. The molecule has 0 bridgehead atoms. The van der Waals surface area contributed by atoms with E-state index in [1.807, 2.05) is 18.2 Å². The summed E-state index contributed by atoms with van der Waals surface area (Å²) in [5.74, 6) is 0. The second-order valence-corrected chi connectivity index (χ2v) is 8.95. The van der Waals surface area contributed by atoms with Crippen LogP contribution in [0.1, 0.15) is 6.92 Å². The zero-order chi connectivity index (χ0) is 12.2. The third-order valence-corrected chi connectivity index (χ3v) is 5.70. The standard InChI is InChI=1S/C13H20O2Si/c1-11(15)12(9-14)10-16(2,3)13-7-5-4-6-8-13/h4-8,10-11,14-15H,9H2,1-3H3/b12-10+/t11-/m0/s1. The Kier molecular flexibility index (Phi) is 4.47. The summed E-state index contributed by atoms with van der Waals surface area (Å²) >= 11 is 0. The largest absolute Gasteiger partial charge is 0.392 e. The summed E-state index contributed by atoms with van der Waals surface area (Å²) in [7, 11) is -1.71. The summed E-state index contributed by atoms with van der Waals surface area (Å²) in [4.78, 5) is 0. The van der Waals surface area contributed by atoms with Gasteiger partial charge in [-0.25, -0.2) is 0 Å². The van der Waals surface area contributed by atoms with Gasteiger partial charge < -0.3 is 10.2 Å². The van der Waals surface area contributed by atoms with Crippen LogP contribution in [-0.4, -0.2) is 31.0 Å². The second-order valence-electron chi connectivity index (χ2n) is 4.64. The van der Waals surface area contributed by atoms with Gasteiger partial charge >= 0.3 is 0 Å². The summed E-state index contributed by atoms with van der Waals surface area (Å²) in [6.07, 6.45) is -0.569. The molecule has 0 spiro atoms. The lowest BCUT2D eigenvalue weighted by atomic mass is 10.2. The Morgan fingerprint density at radius 1 is 1.31 bits per heavy atom. The van der Waals surface area contributed by atoms with Gasteiger partial charge in [0.1, 0.15) is 8.07 Å². The van der Waals surface area contributed by atoms with E-state index < -0.39 is 14.2 Å². The van der Waals surface area contributed by atoms with Gasteiger partial charge in [0.15, 0.2) is 0 Å². The van der Waals surface area contributed by atoms with E-state index in [4.69, 9.17) is 0 Å². The van der Waals surface area contributed by atoms with E-state index in [-0.39, 0.29) is 6.61 Å². The molecule has 0 fully saturated rings. The number of aliphatic hydroxyl groups is 2. The zero-order valence-electron chi connectivity index (χ0n) is 10.1. The Morgan fingerprint density at radius 2 is 1.88 bits per heavy atom. The summed E-state index contributed by atoms with van der Waals surface area (Å²) in [5.41, 5.74) is 2.80. The highest BCUT2D eigenvalue weighted by Gasteiger charge is 2.21. The predicted molar refractivity (Wildman–Crippen MR) is 70.4 cm³/mol. The molecule has 0 aliphatic carbocycles. The average molecular weight is 236 g/mol. The Balaban J connectivity index is 3.03. The zero-order valence-corrected chi connectivity index (χ0v) is 11.1. The highest BCUT2D eigenvalue weighted by atomic mass is 28.3. The predicted octanol–water partition coefficient (Wildman–Crippen LogP) is 1.44. The lowest BCUT2D eigenvalue weighted by Gasteiger charge is -2.21. The smallest absolute Gasteiger partial charge is 0.104 e. The monoisotopic (exact) mass is 236 g/mol. The van der Waals surface area contributed by atoms with Crippen LogP contribution in [0.3, 0.4) is 0 Å². The van der Waals surface area contributed by atoms with Crippen molar-refractivity contribution >= 4 is 13.3 Å². The summed E-state index contributed by atoms with van der Waals surface area (Å²) in [6, 6.07) is 10.3. The normalized spacial score (nSPS) is 14.9. The van der Waals surface area contributed by atoms with Crippen molar-refractivity contribution in [3.05, 3.63) is 41.6 Å². The molecule has 1 atom stereocenters. The maximum absolute atomic E-state index is 9.52. The fraction of sp³-hybridized carbons (Fsp3) is 0.385. The van der Waals surface area contributed by atoms with Crippen molar-refractivity contribution in [2.45, 2.75) is 26.1 Å². The molecule has 0 aliphatic heterocycles. The third-order valence-electron chi connectivity index (χ3n) is 2.78. The van der Waals surface area contributed by atoms with Gasteiger partial charge in [0, 0.05) is 0 Å². The second kappa shape index (κ2) is 5.43. The molecule has 88 valence electrons. The van der Waals surface area contributed by atoms with Gasteiger partial charge in [0.2, 0.25) is 0 Å². The van der Waals surface area contributed by atoms with Crippen molar-refractivity contribution in [2.75, 3.05) is 6.61 Å². The molecule has 0 aromatic heterocycles. The SMILES string of the molecule is C[C@H](O)/C(=C/[Si](C)(C)c1ccccc1)CO. The first kappa shape index (κ1) is 13.2. The molecule has 16 heavy (non-hydrogen) atoms. The van der Waals surface area contributed by atoms with E-state index in [9.17, 15) is 10.2 Å². The van der Waals surface area contributed by atoms with Gasteiger partial charge in [-0.3, -0.25) is 0 Å². The van der Waals surface area contributed by atoms with Crippen molar-refractivity contribution in [1.82, 2.24) is 0 Å². The van der Waals surface area contributed by atoms with Gasteiger partial charge in [-0.1, -0.05) is 54.3 Å². The van der Waals surface area contributed by atoms with Gasteiger partial charge in [0.25, 0.3) is 0 Å². The maximum Gasteiger partial charge on any atom is 0.104 e. The van der Waals surface area contributed by atoms with Crippen molar-refractivity contribution in [3.8, 4) is 0 Å². The molecule has 1 aromatic carbocycles. The van der Waals surface area contributed by atoms with Gasteiger partial charge in [0.05, 0.1) is 12.7 Å². The average Bonchev–Trinajstić information content (AvgIpc) is 2.27. The molecule has 2 nitrogen and oxygen atoms in total. The van der Waals surface area contributed by atoms with Crippen LogP contribution in [0.15, 0.2) is 41.6 Å². The first-order valence-electron chi connectivity index (χ1n) is 5.53. The van der Waals surface area contributed by atoms with Crippen LogP contribution >= 0.6 is 0 Å². The number of rotatable bonds is 4. The van der Waals surface area contributed by atoms with E-state index >= 15 is 0 Å². The fourth-order valence-electron chi connectivity index (χ4n) is 1.71. The van der Waals surface area contributed by atoms with Gasteiger partial charge in [-0.15, -0.1) is 0 Å². The van der Waals surface area contributed by atoms with Crippen LogP contribution < -0.4 is 5.19 Å². The van der Waals surface area contributed by atoms with Gasteiger partial charge in [-0.2, -0.15) is 0 Å². The Morgan fingerprint density at radius 3 is 2.31 bits per heavy atom. The third kappa shape index (κ3) is 3.30. The Hall–Kier alpha value is -0.903. The summed E-state index contributed by atoms with van der Waals surface area (Å²) in [6.45, 7) is 6.04. The van der Waals surface area contributed by atoms with Crippen LogP contribution in [0.25, 0.3) is 0 Å². The number of benzene rings is 1. The number of hydrogen-bond donors (Lipinski definition) is 2. The van der Waals surface area contributed by atoms with Crippen molar-refractivity contribution < 1.29 is 10.2 Å². The molecule has 3 heteroatoms. The summed E-state index contributed by atoms with van der Waals surface area (Å²) < 4.78 is 0. The highest BCUT2D eigenvalue weighted by Crippen LogP contribution is 2.11. The van der Waals surface area contributed by atoms with Crippen LogP contribution in [0.4, 0.5) is 0 Å². The molecular weight excluding hydrogens is 216 g/mol. The van der Waals surface area contributed by atoms with E-state index in [0.717, 1.165) is 5.57 Å². The van der Waals surface area contributed by atoms with Crippen molar-refractivity contribution in [1.29, 1.82) is 0 Å². The minimum absolute atomic E-state index is 0.0685. The molecule has 0 saturated carbocycles. The first-order valence-corrected chi connectivity index (χ1v) is 8.61. The van der Waals surface area contributed by atoms with Crippen LogP contribution in [0, 0.1) is 0 Å². The molecule has 0 heterocycles. The summed E-state index contributed by atoms with van der Waals surface area (Å²) in [5, 5.41) is 20.0. The Labute approximate surface area is 98.3 Å². The molecule has 0 aliphatic rings. The van der Waals surface area contributed by atoms with E-state index in [1.165, 1.54) is 5.19 Å². The number of hydrogen-bond acceptors (Lipinski definition) is 2. The molecule has 0 unspecified atom stereocenters. The molecule has 0 amide bonds. The Bertz CT molecular complexity index is 355. The van der Waals surface area contributed by atoms with Crippen LogP contribution in [-0.2, 0) is 0 Å². The minimum Gasteiger partial charge on any atom is -0.392 e. The first-order chi connectivity index (χ1) is 7.47. The topological polar surface area (TPSA) is 40.5 Å². The number of aliphatic hydroxyl groups excluding tert-OH is 2. The minimum atomic E-state index is -1.71. The molecule has 0 saturated heterocycles. The molecule has 1 rings (SSSR count). The van der Waals surface area contributed by atoms with Crippen LogP contribution in [0.2, 0.25) is 13.1 Å². The molecule has 0 radical (unpaired) electrons. The van der Waals surface area contributed by atoms with Crippen LogP contribution in [0.5, 0.6) is 0 Å². The molecule has 1 aromatic rings. The van der Waals surface area contributed by atoms with Crippen molar-refractivity contribution in [3.63, 3.8) is 0 Å².